The maximum atomic E-state index is 12.1. The maximum Gasteiger partial charge on any atom is 0.279 e. The summed E-state index contributed by atoms with van der Waals surface area (Å²) >= 11 is 0. The zero-order chi connectivity index (χ0) is 15.0. The first-order valence-corrected chi connectivity index (χ1v) is 8.22. The lowest BCUT2D eigenvalue weighted by Crippen LogP contribution is -2.39. The molecule has 0 amide bonds. The molecule has 0 aliphatic rings. The van der Waals surface area contributed by atoms with Gasteiger partial charge in [-0.3, -0.25) is 4.98 Å². The highest BCUT2D eigenvalue weighted by Gasteiger charge is 2.16. The summed E-state index contributed by atoms with van der Waals surface area (Å²) in [6.45, 7) is 6.44. The lowest BCUT2D eigenvalue weighted by molar-refractivity contribution is 0.445. The summed E-state index contributed by atoms with van der Waals surface area (Å²) in [6.07, 6.45) is 4.17. The van der Waals surface area contributed by atoms with Gasteiger partial charge in [0.1, 0.15) is 0 Å². The fourth-order valence-corrected chi connectivity index (χ4v) is 2.61. The Morgan fingerprint density at radius 1 is 1.40 bits per heavy atom. The maximum absolute atomic E-state index is 12.1. The highest BCUT2D eigenvalue weighted by molar-refractivity contribution is 7.87. The standard InChI is InChI=1S/C13H24N4O2S/c1-4-14-7-5-9-17(3)20(18,19)16-11-13-10-15-8-6-12(13)2/h6,8,10,14,16H,4-5,7,9,11H2,1-3H3. The largest absolute Gasteiger partial charge is 0.317 e. The van der Waals surface area contributed by atoms with Crippen molar-refractivity contribution in [1.82, 2.24) is 19.3 Å². The molecular formula is C13H24N4O2S. The quantitative estimate of drug-likeness (QED) is 0.657. The highest BCUT2D eigenvalue weighted by Crippen LogP contribution is 2.05. The van der Waals surface area contributed by atoms with Crippen LogP contribution in [0.5, 0.6) is 0 Å². The van der Waals surface area contributed by atoms with E-state index in [1.807, 2.05) is 19.9 Å². The highest BCUT2D eigenvalue weighted by atomic mass is 32.2. The molecule has 0 bridgehead atoms. The van der Waals surface area contributed by atoms with Crippen molar-refractivity contribution >= 4 is 10.2 Å². The van der Waals surface area contributed by atoms with E-state index in [0.29, 0.717) is 6.54 Å². The molecule has 20 heavy (non-hydrogen) atoms. The Morgan fingerprint density at radius 3 is 2.80 bits per heavy atom. The molecular weight excluding hydrogens is 276 g/mol. The molecule has 1 aromatic heterocycles. The molecule has 0 saturated heterocycles. The summed E-state index contributed by atoms with van der Waals surface area (Å²) in [5.41, 5.74) is 1.91. The predicted octanol–water partition coefficient (Wildman–Crippen LogP) is 0.656. The van der Waals surface area contributed by atoms with Crippen molar-refractivity contribution in [1.29, 1.82) is 0 Å². The summed E-state index contributed by atoms with van der Waals surface area (Å²) in [5, 5.41) is 3.17. The smallest absolute Gasteiger partial charge is 0.279 e. The van der Waals surface area contributed by atoms with Crippen LogP contribution < -0.4 is 10.0 Å². The molecule has 0 fully saturated rings. The van der Waals surface area contributed by atoms with Crippen LogP contribution in [-0.2, 0) is 16.8 Å². The Labute approximate surface area is 121 Å². The van der Waals surface area contributed by atoms with Crippen LogP contribution in [0.25, 0.3) is 0 Å². The summed E-state index contributed by atoms with van der Waals surface area (Å²) < 4.78 is 28.0. The number of rotatable bonds is 9. The lowest BCUT2D eigenvalue weighted by atomic mass is 10.2. The van der Waals surface area contributed by atoms with Gasteiger partial charge in [0.25, 0.3) is 10.2 Å². The van der Waals surface area contributed by atoms with Gasteiger partial charge in [-0.05, 0) is 43.6 Å². The molecule has 0 aliphatic carbocycles. The van der Waals surface area contributed by atoms with Crippen LogP contribution in [0.3, 0.4) is 0 Å². The molecule has 0 spiro atoms. The van der Waals surface area contributed by atoms with Crippen LogP contribution in [0.2, 0.25) is 0 Å². The minimum absolute atomic E-state index is 0.263. The first-order chi connectivity index (χ1) is 9.47. The van der Waals surface area contributed by atoms with Gasteiger partial charge in [0, 0.05) is 32.5 Å². The summed E-state index contributed by atoms with van der Waals surface area (Å²) in [4.78, 5) is 4.00. The fraction of sp³-hybridized carbons (Fsp3) is 0.615. The third kappa shape index (κ3) is 5.54. The number of hydrogen-bond donors (Lipinski definition) is 2. The molecule has 0 aliphatic heterocycles. The molecule has 0 saturated carbocycles. The summed E-state index contributed by atoms with van der Waals surface area (Å²) in [5.74, 6) is 0. The SMILES string of the molecule is CCNCCCN(C)S(=O)(=O)NCc1cnccc1C. The number of aryl methyl sites for hydroxylation is 1. The van der Waals surface area contributed by atoms with Gasteiger partial charge in [0.2, 0.25) is 0 Å². The van der Waals surface area contributed by atoms with Gasteiger partial charge in [0.05, 0.1) is 0 Å². The van der Waals surface area contributed by atoms with E-state index in [0.717, 1.165) is 30.6 Å². The van der Waals surface area contributed by atoms with Crippen LogP contribution in [0.1, 0.15) is 24.5 Å². The Bertz CT molecular complexity index is 505. The van der Waals surface area contributed by atoms with Crippen molar-refractivity contribution < 1.29 is 8.42 Å². The van der Waals surface area contributed by atoms with Gasteiger partial charge < -0.3 is 5.32 Å². The zero-order valence-electron chi connectivity index (χ0n) is 12.4. The van der Waals surface area contributed by atoms with Gasteiger partial charge in [-0.15, -0.1) is 0 Å². The molecule has 6 nitrogen and oxygen atoms in total. The monoisotopic (exact) mass is 300 g/mol. The van der Waals surface area contributed by atoms with E-state index in [1.165, 1.54) is 4.31 Å². The average molecular weight is 300 g/mol. The van der Waals surface area contributed by atoms with E-state index in [2.05, 4.69) is 15.0 Å². The molecule has 0 aromatic carbocycles. The number of pyridine rings is 1. The van der Waals surface area contributed by atoms with Crippen molar-refractivity contribution in [3.8, 4) is 0 Å². The van der Waals surface area contributed by atoms with Gasteiger partial charge in [-0.2, -0.15) is 17.4 Å². The molecule has 0 unspecified atom stereocenters. The Morgan fingerprint density at radius 2 is 2.15 bits per heavy atom. The van der Waals surface area contributed by atoms with Gasteiger partial charge in [-0.25, -0.2) is 0 Å². The van der Waals surface area contributed by atoms with Crippen LogP contribution in [0.15, 0.2) is 18.5 Å². The van der Waals surface area contributed by atoms with Crippen molar-refractivity contribution in [2.45, 2.75) is 26.8 Å². The van der Waals surface area contributed by atoms with Crippen molar-refractivity contribution in [2.24, 2.45) is 0 Å². The van der Waals surface area contributed by atoms with Crippen LogP contribution in [0, 0.1) is 6.92 Å². The third-order valence-corrected chi connectivity index (χ3v) is 4.59. The predicted molar refractivity (Wildman–Crippen MR) is 80.5 cm³/mol. The van der Waals surface area contributed by atoms with Crippen LogP contribution in [0.4, 0.5) is 0 Å². The number of hydrogen-bond acceptors (Lipinski definition) is 4. The van der Waals surface area contributed by atoms with E-state index in [1.54, 1.807) is 19.4 Å². The second-order valence-electron chi connectivity index (χ2n) is 4.66. The number of aromatic nitrogens is 1. The average Bonchev–Trinajstić information content (AvgIpc) is 2.42. The van der Waals surface area contributed by atoms with E-state index in [-0.39, 0.29) is 6.54 Å². The minimum atomic E-state index is -3.43. The third-order valence-electron chi connectivity index (χ3n) is 3.08. The molecule has 1 heterocycles. The molecule has 0 atom stereocenters. The molecule has 7 heteroatoms. The number of nitrogens with zero attached hydrogens (tertiary/aromatic N) is 2. The van der Waals surface area contributed by atoms with Gasteiger partial charge in [-0.1, -0.05) is 6.92 Å². The normalized spacial score (nSPS) is 12.0. The second kappa shape index (κ2) is 8.31. The van der Waals surface area contributed by atoms with Gasteiger partial charge >= 0.3 is 0 Å². The van der Waals surface area contributed by atoms with E-state index in [4.69, 9.17) is 0 Å². The zero-order valence-corrected chi connectivity index (χ0v) is 13.2. The molecule has 1 aromatic rings. The fourth-order valence-electron chi connectivity index (χ4n) is 1.68. The number of nitrogens with one attached hydrogen (secondary N) is 2. The van der Waals surface area contributed by atoms with Crippen molar-refractivity contribution in [2.75, 3.05) is 26.7 Å². The Hall–Kier alpha value is -1.02. The van der Waals surface area contributed by atoms with E-state index < -0.39 is 10.2 Å². The first kappa shape index (κ1) is 17.0. The summed E-state index contributed by atoms with van der Waals surface area (Å²) in [7, 11) is -1.85. The van der Waals surface area contributed by atoms with E-state index >= 15 is 0 Å². The van der Waals surface area contributed by atoms with Crippen LogP contribution in [-0.4, -0.2) is 44.4 Å². The van der Waals surface area contributed by atoms with E-state index in [9.17, 15) is 8.42 Å². The Kier molecular flexibility index (Phi) is 7.08. The second-order valence-corrected chi connectivity index (χ2v) is 6.52. The minimum Gasteiger partial charge on any atom is -0.317 e. The lowest BCUT2D eigenvalue weighted by Gasteiger charge is -2.18. The van der Waals surface area contributed by atoms with Gasteiger partial charge in [0.15, 0.2) is 0 Å². The molecule has 1 rings (SSSR count). The van der Waals surface area contributed by atoms with Crippen molar-refractivity contribution in [3.63, 3.8) is 0 Å². The Balaban J connectivity index is 2.46. The van der Waals surface area contributed by atoms with Crippen molar-refractivity contribution in [3.05, 3.63) is 29.6 Å². The molecule has 0 radical (unpaired) electrons. The van der Waals surface area contributed by atoms with Crippen LogP contribution >= 0.6 is 0 Å². The molecule has 2 N–H and O–H groups in total. The topological polar surface area (TPSA) is 74.3 Å². The summed E-state index contributed by atoms with van der Waals surface area (Å²) in [6, 6.07) is 1.86. The molecule has 114 valence electrons. The first-order valence-electron chi connectivity index (χ1n) is 6.78.